The van der Waals surface area contributed by atoms with Crippen LogP contribution in [0.2, 0.25) is 0 Å². The van der Waals surface area contributed by atoms with Crippen LogP contribution in [0.15, 0.2) is 27.8 Å². The highest BCUT2D eigenvalue weighted by Crippen LogP contribution is 2.52. The largest absolute Gasteiger partial charge is 0.454 e. The molecule has 8 heteroatoms. The molecule has 2 aromatic rings. The monoisotopic (exact) mass is 415 g/mol. The summed E-state index contributed by atoms with van der Waals surface area (Å²) < 4.78 is 16.5. The topological polar surface area (TPSA) is 77.7 Å². The molecule has 29 heavy (non-hydrogen) atoms. The second-order valence-electron chi connectivity index (χ2n) is 9.47. The number of hydrogen-bond acceptors (Lipinski definition) is 7. The normalized spacial score (nSPS) is 26.7. The Morgan fingerprint density at radius 2 is 2.03 bits per heavy atom. The molecule has 1 saturated carbocycles. The highest BCUT2D eigenvalue weighted by Gasteiger charge is 2.50. The summed E-state index contributed by atoms with van der Waals surface area (Å²) in [5, 5.41) is 8.61. The van der Waals surface area contributed by atoms with E-state index >= 15 is 0 Å². The molecular weight excluding hydrogens is 390 g/mol. The van der Waals surface area contributed by atoms with Crippen molar-refractivity contribution < 1.29 is 18.7 Å². The van der Waals surface area contributed by atoms with Gasteiger partial charge in [-0.05, 0) is 48.3 Å². The highest BCUT2D eigenvalue weighted by atomic mass is 32.2. The van der Waals surface area contributed by atoms with E-state index in [1.807, 2.05) is 18.2 Å². The van der Waals surface area contributed by atoms with Gasteiger partial charge in [0.1, 0.15) is 0 Å². The maximum absolute atomic E-state index is 12.9. The predicted octanol–water partition coefficient (Wildman–Crippen LogP) is 3.98. The lowest BCUT2D eigenvalue weighted by Crippen LogP contribution is -2.38. The third-order valence-corrected chi connectivity index (χ3v) is 6.88. The smallest absolute Gasteiger partial charge is 0.277 e. The Morgan fingerprint density at radius 1 is 1.21 bits per heavy atom. The Labute approximate surface area is 174 Å². The van der Waals surface area contributed by atoms with Crippen LogP contribution < -0.4 is 9.47 Å². The first-order valence-electron chi connectivity index (χ1n) is 9.96. The third kappa shape index (κ3) is 3.58. The van der Waals surface area contributed by atoms with Gasteiger partial charge in [0.05, 0.1) is 5.75 Å². The molecule has 1 aliphatic carbocycles. The Kier molecular flexibility index (Phi) is 4.31. The number of fused-ring (bicyclic) bond motifs is 3. The maximum atomic E-state index is 12.9. The lowest BCUT2D eigenvalue weighted by molar-refractivity contribution is -0.129. The van der Waals surface area contributed by atoms with Gasteiger partial charge < -0.3 is 18.8 Å². The van der Waals surface area contributed by atoms with Crippen LogP contribution in [0.4, 0.5) is 0 Å². The van der Waals surface area contributed by atoms with Crippen molar-refractivity contribution in [3.63, 3.8) is 0 Å². The van der Waals surface area contributed by atoms with Crippen LogP contribution in [0.3, 0.4) is 0 Å². The number of carbonyl (C=O) groups is 1. The lowest BCUT2D eigenvalue weighted by Gasteiger charge is -2.39. The fourth-order valence-corrected chi connectivity index (χ4v) is 6.02. The quantitative estimate of drug-likeness (QED) is 0.699. The second kappa shape index (κ2) is 6.65. The first-order valence-corrected chi connectivity index (χ1v) is 10.9. The van der Waals surface area contributed by atoms with Gasteiger partial charge in [-0.1, -0.05) is 32.5 Å². The molecule has 2 bridgehead atoms. The van der Waals surface area contributed by atoms with Gasteiger partial charge in [-0.15, -0.1) is 10.2 Å². The molecule has 2 atom stereocenters. The Balaban J connectivity index is 1.23. The average Bonchev–Trinajstić information content (AvgIpc) is 3.35. The molecule has 2 fully saturated rings. The van der Waals surface area contributed by atoms with Gasteiger partial charge in [-0.3, -0.25) is 4.79 Å². The van der Waals surface area contributed by atoms with E-state index in [0.717, 1.165) is 24.9 Å². The van der Waals surface area contributed by atoms with Crippen LogP contribution >= 0.6 is 11.8 Å². The summed E-state index contributed by atoms with van der Waals surface area (Å²) in [4.78, 5) is 15.0. The van der Waals surface area contributed by atoms with E-state index < -0.39 is 0 Å². The first-order chi connectivity index (χ1) is 13.8. The van der Waals surface area contributed by atoms with Gasteiger partial charge in [0.15, 0.2) is 11.5 Å². The van der Waals surface area contributed by atoms with Crippen LogP contribution in [0.1, 0.15) is 40.0 Å². The fourth-order valence-electron chi connectivity index (χ4n) is 5.37. The second-order valence-corrected chi connectivity index (χ2v) is 10.4. The summed E-state index contributed by atoms with van der Waals surface area (Å²) in [6.07, 6.45) is 3.37. The molecule has 1 aromatic carbocycles. The number of carbonyl (C=O) groups excluding carboxylic acids is 1. The minimum atomic E-state index is 0.157. The number of thioether (sulfide) groups is 1. The molecule has 1 aromatic heterocycles. The van der Waals surface area contributed by atoms with Gasteiger partial charge in [-0.2, -0.15) is 0 Å². The SMILES string of the molecule is CC1(C)CC2CC(C)(CN2C(=O)CSc2nnc(-c3ccc4c(c3)OCO4)o2)C1. The number of aromatic nitrogens is 2. The molecule has 154 valence electrons. The molecule has 0 radical (unpaired) electrons. The van der Waals surface area contributed by atoms with Crippen molar-refractivity contribution in [2.75, 3.05) is 19.1 Å². The predicted molar refractivity (Wildman–Crippen MR) is 108 cm³/mol. The summed E-state index contributed by atoms with van der Waals surface area (Å²) >= 11 is 1.30. The molecule has 2 aliphatic heterocycles. The summed E-state index contributed by atoms with van der Waals surface area (Å²) in [5.74, 6) is 2.26. The molecule has 3 heterocycles. The molecule has 5 rings (SSSR count). The Hall–Kier alpha value is -2.22. The van der Waals surface area contributed by atoms with Crippen molar-refractivity contribution in [3.8, 4) is 23.0 Å². The zero-order valence-corrected chi connectivity index (χ0v) is 17.8. The molecule has 0 spiro atoms. The van der Waals surface area contributed by atoms with Crippen molar-refractivity contribution in [2.45, 2.75) is 51.3 Å². The maximum Gasteiger partial charge on any atom is 0.277 e. The highest BCUT2D eigenvalue weighted by molar-refractivity contribution is 7.99. The van der Waals surface area contributed by atoms with E-state index in [9.17, 15) is 4.79 Å². The van der Waals surface area contributed by atoms with Gasteiger partial charge in [0, 0.05) is 18.2 Å². The van der Waals surface area contributed by atoms with E-state index in [-0.39, 0.29) is 18.1 Å². The number of hydrogen-bond donors (Lipinski definition) is 0. The minimum Gasteiger partial charge on any atom is -0.454 e. The number of rotatable bonds is 4. The van der Waals surface area contributed by atoms with Crippen LogP contribution in [-0.4, -0.2) is 46.1 Å². The number of likely N-dealkylation sites (tertiary alicyclic amines) is 1. The number of ether oxygens (including phenoxy) is 2. The van der Waals surface area contributed by atoms with E-state index in [2.05, 4.69) is 35.9 Å². The summed E-state index contributed by atoms with van der Waals surface area (Å²) in [5.41, 5.74) is 1.30. The average molecular weight is 416 g/mol. The van der Waals surface area contributed by atoms with Crippen LogP contribution in [0, 0.1) is 10.8 Å². The minimum absolute atomic E-state index is 0.157. The van der Waals surface area contributed by atoms with Crippen LogP contribution in [-0.2, 0) is 4.79 Å². The first kappa shape index (κ1) is 18.8. The van der Waals surface area contributed by atoms with Crippen molar-refractivity contribution >= 4 is 17.7 Å². The van der Waals surface area contributed by atoms with E-state index in [1.165, 1.54) is 18.2 Å². The van der Waals surface area contributed by atoms with Gasteiger partial charge in [0.2, 0.25) is 18.6 Å². The summed E-state index contributed by atoms with van der Waals surface area (Å²) in [7, 11) is 0. The molecule has 1 saturated heterocycles. The molecule has 3 aliphatic rings. The van der Waals surface area contributed by atoms with E-state index in [0.29, 0.717) is 39.8 Å². The number of benzene rings is 1. The summed E-state index contributed by atoms with van der Waals surface area (Å²) in [6, 6.07) is 5.85. The van der Waals surface area contributed by atoms with Crippen molar-refractivity contribution in [2.24, 2.45) is 10.8 Å². The molecule has 1 amide bonds. The van der Waals surface area contributed by atoms with E-state index in [4.69, 9.17) is 13.9 Å². The standard InChI is InChI=1S/C21H25N3O4S/c1-20(2)7-14-8-21(3,10-20)11-24(14)17(25)9-29-19-23-22-18(28-19)13-4-5-15-16(6-13)27-12-26-15/h4-6,14H,7-12H2,1-3H3. The van der Waals surface area contributed by atoms with Crippen molar-refractivity contribution in [1.29, 1.82) is 0 Å². The lowest BCUT2D eigenvalue weighted by atomic mass is 9.65. The molecule has 7 nitrogen and oxygen atoms in total. The zero-order chi connectivity index (χ0) is 20.2. The van der Waals surface area contributed by atoms with E-state index in [1.54, 1.807) is 0 Å². The summed E-state index contributed by atoms with van der Waals surface area (Å²) in [6.45, 7) is 8.02. The zero-order valence-electron chi connectivity index (χ0n) is 16.9. The van der Waals surface area contributed by atoms with Gasteiger partial charge >= 0.3 is 0 Å². The Morgan fingerprint density at radius 3 is 2.90 bits per heavy atom. The van der Waals surface area contributed by atoms with Crippen LogP contribution in [0.5, 0.6) is 11.5 Å². The number of amides is 1. The van der Waals surface area contributed by atoms with Crippen molar-refractivity contribution in [3.05, 3.63) is 18.2 Å². The number of nitrogens with zero attached hydrogens (tertiary/aromatic N) is 3. The van der Waals surface area contributed by atoms with Crippen molar-refractivity contribution in [1.82, 2.24) is 15.1 Å². The van der Waals surface area contributed by atoms with Gasteiger partial charge in [-0.25, -0.2) is 0 Å². The van der Waals surface area contributed by atoms with Crippen LogP contribution in [0.25, 0.3) is 11.5 Å². The Bertz CT molecular complexity index is 959. The molecule has 0 N–H and O–H groups in total. The molecular formula is C21H25N3O4S. The van der Waals surface area contributed by atoms with Gasteiger partial charge in [0.25, 0.3) is 5.22 Å². The third-order valence-electron chi connectivity index (χ3n) is 6.08. The fraction of sp³-hybridized carbons (Fsp3) is 0.571. The molecule has 2 unspecified atom stereocenters.